The summed E-state index contributed by atoms with van der Waals surface area (Å²) in [6, 6.07) is 5.28. The topological polar surface area (TPSA) is 59.1 Å². The van der Waals surface area contributed by atoms with Gasteiger partial charge < -0.3 is 10.8 Å². The first-order valence-electron chi connectivity index (χ1n) is 4.93. The molecule has 0 fully saturated rings. The van der Waals surface area contributed by atoms with E-state index in [9.17, 15) is 8.78 Å². The van der Waals surface area contributed by atoms with Crippen LogP contribution >= 0.6 is 0 Å². The Morgan fingerprint density at radius 1 is 1.29 bits per heavy atom. The van der Waals surface area contributed by atoms with Crippen molar-refractivity contribution in [2.45, 2.75) is 6.61 Å². The van der Waals surface area contributed by atoms with E-state index in [4.69, 9.17) is 10.8 Å². The van der Waals surface area contributed by atoms with Crippen molar-refractivity contribution >= 4 is 5.69 Å². The van der Waals surface area contributed by atoms with E-state index in [1.165, 1.54) is 24.4 Å². The normalized spacial score (nSPS) is 10.5. The summed E-state index contributed by atoms with van der Waals surface area (Å²) in [5.41, 5.74) is 6.42. The molecule has 0 aliphatic carbocycles. The Kier molecular flexibility index (Phi) is 3.01. The lowest BCUT2D eigenvalue weighted by Gasteiger charge is -2.08. The van der Waals surface area contributed by atoms with E-state index in [2.05, 4.69) is 4.98 Å². The third kappa shape index (κ3) is 2.09. The number of anilines is 1. The number of hydrogen-bond acceptors (Lipinski definition) is 3. The van der Waals surface area contributed by atoms with E-state index in [1.807, 2.05) is 0 Å². The molecule has 3 nitrogen and oxygen atoms in total. The third-order valence-corrected chi connectivity index (χ3v) is 2.36. The first-order valence-corrected chi connectivity index (χ1v) is 4.93. The van der Waals surface area contributed by atoms with Gasteiger partial charge in [0.25, 0.3) is 0 Å². The largest absolute Gasteiger partial charge is 0.397 e. The van der Waals surface area contributed by atoms with E-state index in [0.29, 0.717) is 11.3 Å². The quantitative estimate of drug-likeness (QED) is 0.839. The van der Waals surface area contributed by atoms with Gasteiger partial charge in [0.2, 0.25) is 0 Å². The van der Waals surface area contributed by atoms with Crippen molar-refractivity contribution in [1.29, 1.82) is 0 Å². The molecule has 2 aromatic rings. The van der Waals surface area contributed by atoms with Gasteiger partial charge >= 0.3 is 0 Å². The summed E-state index contributed by atoms with van der Waals surface area (Å²) in [6.45, 7) is -0.344. The molecule has 0 spiro atoms. The number of benzene rings is 1. The van der Waals surface area contributed by atoms with Crippen LogP contribution in [0.3, 0.4) is 0 Å². The predicted molar refractivity (Wildman–Crippen MR) is 59.9 cm³/mol. The number of nitrogens with two attached hydrogens (primary N) is 1. The minimum Gasteiger partial charge on any atom is -0.397 e. The third-order valence-electron chi connectivity index (χ3n) is 2.36. The molecule has 1 aromatic heterocycles. The fourth-order valence-electron chi connectivity index (χ4n) is 1.58. The Hall–Kier alpha value is -2.01. The zero-order valence-corrected chi connectivity index (χ0v) is 8.82. The number of rotatable bonds is 2. The highest BCUT2D eigenvalue weighted by molar-refractivity contribution is 5.65. The molecule has 1 aromatic carbocycles. The van der Waals surface area contributed by atoms with Gasteiger partial charge in [0.05, 0.1) is 24.2 Å². The first-order chi connectivity index (χ1) is 8.13. The summed E-state index contributed by atoms with van der Waals surface area (Å²) >= 11 is 0. The molecule has 0 saturated carbocycles. The Morgan fingerprint density at radius 3 is 2.76 bits per heavy atom. The van der Waals surface area contributed by atoms with Crippen LogP contribution in [0.25, 0.3) is 11.3 Å². The maximum atomic E-state index is 13.6. The molecule has 2 rings (SSSR count). The van der Waals surface area contributed by atoms with Crippen molar-refractivity contribution in [3.63, 3.8) is 0 Å². The van der Waals surface area contributed by atoms with Gasteiger partial charge in [0, 0.05) is 11.1 Å². The van der Waals surface area contributed by atoms with Crippen molar-refractivity contribution in [2.75, 3.05) is 5.73 Å². The highest BCUT2D eigenvalue weighted by atomic mass is 19.2. The monoisotopic (exact) mass is 236 g/mol. The number of halogens is 2. The minimum absolute atomic E-state index is 0.00838. The Bertz CT molecular complexity index is 558. The number of aromatic nitrogens is 1. The standard InChI is InChI=1S/C12H10F2N2O/c13-10-3-1-2-9(11(10)14)12-7(6-17)4-8(15)5-16-12/h1-5,17H,6,15H2. The molecule has 0 aliphatic rings. The molecule has 1 heterocycles. The zero-order valence-electron chi connectivity index (χ0n) is 8.82. The van der Waals surface area contributed by atoms with Crippen LogP contribution in [0.15, 0.2) is 30.5 Å². The van der Waals surface area contributed by atoms with Crippen LogP contribution in [-0.2, 0) is 6.61 Å². The molecule has 0 amide bonds. The molecular weight excluding hydrogens is 226 g/mol. The van der Waals surface area contributed by atoms with Gasteiger partial charge in [0.15, 0.2) is 11.6 Å². The molecule has 3 N–H and O–H groups in total. The second kappa shape index (κ2) is 4.47. The summed E-state index contributed by atoms with van der Waals surface area (Å²) in [6.07, 6.45) is 1.33. The van der Waals surface area contributed by atoms with Crippen molar-refractivity contribution in [3.8, 4) is 11.3 Å². The minimum atomic E-state index is -0.987. The number of aliphatic hydroxyl groups is 1. The maximum Gasteiger partial charge on any atom is 0.168 e. The van der Waals surface area contributed by atoms with E-state index in [0.717, 1.165) is 6.07 Å². The van der Waals surface area contributed by atoms with Crippen molar-refractivity contribution in [2.24, 2.45) is 0 Å². The molecule has 5 heteroatoms. The van der Waals surface area contributed by atoms with Crippen LogP contribution in [0.1, 0.15) is 5.56 Å². The lowest BCUT2D eigenvalue weighted by Crippen LogP contribution is -1.99. The average molecular weight is 236 g/mol. The van der Waals surface area contributed by atoms with Gasteiger partial charge in [-0.25, -0.2) is 8.78 Å². The average Bonchev–Trinajstić information content (AvgIpc) is 2.33. The molecule has 0 aliphatic heterocycles. The van der Waals surface area contributed by atoms with Crippen LogP contribution in [0, 0.1) is 11.6 Å². The SMILES string of the molecule is Nc1cnc(-c2cccc(F)c2F)c(CO)c1. The number of aliphatic hydroxyl groups excluding tert-OH is 1. The van der Waals surface area contributed by atoms with Crippen molar-refractivity contribution in [3.05, 3.63) is 47.7 Å². The molecule has 0 bridgehead atoms. The van der Waals surface area contributed by atoms with Crippen LogP contribution in [0.5, 0.6) is 0 Å². The van der Waals surface area contributed by atoms with E-state index < -0.39 is 11.6 Å². The first kappa shape index (κ1) is 11.5. The van der Waals surface area contributed by atoms with E-state index in [1.54, 1.807) is 0 Å². The molecule has 17 heavy (non-hydrogen) atoms. The summed E-state index contributed by atoms with van der Waals surface area (Å²) in [7, 11) is 0. The molecule has 0 unspecified atom stereocenters. The van der Waals surface area contributed by atoms with Crippen LogP contribution in [0.2, 0.25) is 0 Å². The second-order valence-corrected chi connectivity index (χ2v) is 3.54. The molecule has 88 valence electrons. The van der Waals surface area contributed by atoms with Crippen molar-refractivity contribution in [1.82, 2.24) is 4.98 Å². The molecular formula is C12H10F2N2O. The summed E-state index contributed by atoms with van der Waals surface area (Å²) < 4.78 is 26.7. The van der Waals surface area contributed by atoms with Gasteiger partial charge in [-0.2, -0.15) is 0 Å². The Balaban J connectivity index is 2.64. The van der Waals surface area contributed by atoms with Gasteiger partial charge in [-0.3, -0.25) is 4.98 Å². The van der Waals surface area contributed by atoms with E-state index in [-0.39, 0.29) is 17.9 Å². The lowest BCUT2D eigenvalue weighted by atomic mass is 10.1. The molecule has 0 atom stereocenters. The fraction of sp³-hybridized carbons (Fsp3) is 0.0833. The highest BCUT2D eigenvalue weighted by Gasteiger charge is 2.14. The zero-order chi connectivity index (χ0) is 12.4. The fourth-order valence-corrected chi connectivity index (χ4v) is 1.58. The van der Waals surface area contributed by atoms with Crippen molar-refractivity contribution < 1.29 is 13.9 Å². The van der Waals surface area contributed by atoms with Crippen LogP contribution in [0.4, 0.5) is 14.5 Å². The Labute approximate surface area is 96.5 Å². The number of nitrogens with zero attached hydrogens (tertiary/aromatic N) is 1. The smallest absolute Gasteiger partial charge is 0.168 e. The number of hydrogen-bond donors (Lipinski definition) is 2. The second-order valence-electron chi connectivity index (χ2n) is 3.54. The predicted octanol–water partition coefficient (Wildman–Crippen LogP) is 2.10. The van der Waals surface area contributed by atoms with Gasteiger partial charge in [-0.1, -0.05) is 6.07 Å². The number of nitrogen functional groups attached to an aromatic ring is 1. The van der Waals surface area contributed by atoms with Crippen LogP contribution in [-0.4, -0.2) is 10.1 Å². The number of pyridine rings is 1. The van der Waals surface area contributed by atoms with E-state index >= 15 is 0 Å². The van der Waals surface area contributed by atoms with Gasteiger partial charge in [-0.15, -0.1) is 0 Å². The summed E-state index contributed by atoms with van der Waals surface area (Å²) in [5.74, 6) is -1.94. The summed E-state index contributed by atoms with van der Waals surface area (Å²) in [5, 5.41) is 9.15. The Morgan fingerprint density at radius 2 is 2.06 bits per heavy atom. The lowest BCUT2D eigenvalue weighted by molar-refractivity contribution is 0.282. The van der Waals surface area contributed by atoms with Crippen LogP contribution < -0.4 is 5.73 Å². The van der Waals surface area contributed by atoms with Gasteiger partial charge in [0.1, 0.15) is 0 Å². The molecule has 0 radical (unpaired) electrons. The maximum absolute atomic E-state index is 13.6. The molecule has 0 saturated heterocycles. The summed E-state index contributed by atoms with van der Waals surface area (Å²) in [4.78, 5) is 3.93. The highest BCUT2D eigenvalue weighted by Crippen LogP contribution is 2.26. The van der Waals surface area contributed by atoms with Gasteiger partial charge in [-0.05, 0) is 18.2 Å².